The van der Waals surface area contributed by atoms with Gasteiger partial charge in [0.1, 0.15) is 13.0 Å². The zero-order valence-corrected chi connectivity index (χ0v) is 7.03. The lowest BCUT2D eigenvalue weighted by Gasteiger charge is -2.12. The molecule has 0 aromatic heterocycles. The lowest BCUT2D eigenvalue weighted by atomic mass is 10.4. The van der Waals surface area contributed by atoms with Crippen molar-refractivity contribution in [2.75, 3.05) is 20.7 Å². The van der Waals surface area contributed by atoms with E-state index in [0.717, 1.165) is 4.90 Å². The second kappa shape index (κ2) is 5.13. The Balaban J connectivity index is 3.88. The van der Waals surface area contributed by atoms with Crippen molar-refractivity contribution < 1.29 is 14.3 Å². The van der Waals surface area contributed by atoms with Crippen LogP contribution in [0.2, 0.25) is 0 Å². The first-order valence-corrected chi connectivity index (χ1v) is 3.29. The summed E-state index contributed by atoms with van der Waals surface area (Å²) in [5, 5.41) is 8.16. The summed E-state index contributed by atoms with van der Waals surface area (Å²) in [5.41, 5.74) is 0. The number of rotatable bonds is 3. The third-order valence-electron chi connectivity index (χ3n) is 1.25. The van der Waals surface area contributed by atoms with Gasteiger partial charge < -0.3 is 9.64 Å². The lowest BCUT2D eigenvalue weighted by molar-refractivity contribution is -0.145. The normalized spacial score (nSPS) is 8.42. The zero-order chi connectivity index (χ0) is 9.56. The zero-order valence-electron chi connectivity index (χ0n) is 7.03. The third-order valence-corrected chi connectivity index (χ3v) is 1.25. The predicted molar refractivity (Wildman–Crippen MR) is 39.9 cm³/mol. The maximum absolute atomic E-state index is 10.9. The number of ether oxygens (including phenoxy) is 1. The second-order valence-corrected chi connectivity index (χ2v) is 2.16. The van der Waals surface area contributed by atoms with E-state index >= 15 is 0 Å². The second-order valence-electron chi connectivity index (χ2n) is 2.16. The molecule has 0 aliphatic carbocycles. The van der Waals surface area contributed by atoms with Gasteiger partial charge >= 0.3 is 5.97 Å². The largest absolute Gasteiger partial charge is 0.468 e. The Morgan fingerprint density at radius 2 is 2.17 bits per heavy atom. The lowest BCUT2D eigenvalue weighted by Crippen LogP contribution is -2.32. The Labute approximate surface area is 70.5 Å². The molecule has 0 atom stereocenters. The molecule has 5 heteroatoms. The van der Waals surface area contributed by atoms with Crippen molar-refractivity contribution in [1.82, 2.24) is 4.90 Å². The maximum atomic E-state index is 10.9. The summed E-state index contributed by atoms with van der Waals surface area (Å²) in [6.07, 6.45) is -0.215. The molecule has 5 nitrogen and oxygen atoms in total. The average molecular weight is 170 g/mol. The number of nitriles is 1. The summed E-state index contributed by atoms with van der Waals surface area (Å²) in [7, 11) is 2.68. The Bertz CT molecular complexity index is 219. The van der Waals surface area contributed by atoms with Crippen molar-refractivity contribution in [3.05, 3.63) is 0 Å². The summed E-state index contributed by atoms with van der Waals surface area (Å²) >= 11 is 0. The minimum absolute atomic E-state index is 0.114. The van der Waals surface area contributed by atoms with Crippen molar-refractivity contribution in [2.24, 2.45) is 0 Å². The molecule has 0 fully saturated rings. The van der Waals surface area contributed by atoms with E-state index in [9.17, 15) is 9.59 Å². The van der Waals surface area contributed by atoms with E-state index in [1.54, 1.807) is 6.07 Å². The summed E-state index contributed by atoms with van der Waals surface area (Å²) < 4.78 is 4.33. The van der Waals surface area contributed by atoms with Crippen molar-refractivity contribution in [1.29, 1.82) is 5.26 Å². The monoisotopic (exact) mass is 170 g/mol. The molecular weight excluding hydrogens is 160 g/mol. The van der Waals surface area contributed by atoms with Crippen LogP contribution in [0.3, 0.4) is 0 Å². The Kier molecular flexibility index (Phi) is 4.46. The molecule has 0 aromatic rings. The minimum Gasteiger partial charge on any atom is -0.468 e. The summed E-state index contributed by atoms with van der Waals surface area (Å²) in [4.78, 5) is 22.7. The van der Waals surface area contributed by atoms with Crippen LogP contribution in [-0.2, 0) is 14.3 Å². The van der Waals surface area contributed by atoms with E-state index in [1.807, 2.05) is 0 Å². The van der Waals surface area contributed by atoms with Crippen LogP contribution in [0.5, 0.6) is 0 Å². The first-order valence-electron chi connectivity index (χ1n) is 3.29. The van der Waals surface area contributed by atoms with Gasteiger partial charge in [-0.1, -0.05) is 0 Å². The fourth-order valence-electron chi connectivity index (χ4n) is 0.549. The summed E-state index contributed by atoms with van der Waals surface area (Å²) in [6, 6.07) is 1.70. The van der Waals surface area contributed by atoms with Gasteiger partial charge in [-0.3, -0.25) is 9.59 Å². The standard InChI is InChI=1S/C7H10N2O3/c1-9(5-7(11)12-2)6(10)3-4-8/h3,5H2,1-2H3. The number of hydrogen-bond acceptors (Lipinski definition) is 4. The Hall–Kier alpha value is -1.57. The van der Waals surface area contributed by atoms with Gasteiger partial charge in [-0.05, 0) is 0 Å². The number of methoxy groups -OCH3 is 1. The van der Waals surface area contributed by atoms with E-state index in [4.69, 9.17) is 5.26 Å². The van der Waals surface area contributed by atoms with Gasteiger partial charge in [0, 0.05) is 7.05 Å². The smallest absolute Gasteiger partial charge is 0.325 e. The topological polar surface area (TPSA) is 70.4 Å². The highest BCUT2D eigenvalue weighted by Gasteiger charge is 2.11. The maximum Gasteiger partial charge on any atom is 0.325 e. The first-order chi connectivity index (χ1) is 5.61. The van der Waals surface area contributed by atoms with Crippen LogP contribution < -0.4 is 0 Å². The van der Waals surface area contributed by atoms with E-state index in [0.29, 0.717) is 0 Å². The molecule has 0 unspecified atom stereocenters. The van der Waals surface area contributed by atoms with Crippen LogP contribution in [0.1, 0.15) is 6.42 Å². The number of amides is 1. The van der Waals surface area contributed by atoms with Gasteiger partial charge in [0.25, 0.3) is 0 Å². The predicted octanol–water partition coefficient (Wildman–Crippen LogP) is -0.469. The molecule has 12 heavy (non-hydrogen) atoms. The molecule has 0 saturated carbocycles. The van der Waals surface area contributed by atoms with Gasteiger partial charge in [0.15, 0.2) is 0 Å². The van der Waals surface area contributed by atoms with Crippen LogP contribution in [0, 0.1) is 11.3 Å². The summed E-state index contributed by atoms with van der Waals surface area (Å²) in [6.45, 7) is -0.114. The summed E-state index contributed by atoms with van der Waals surface area (Å²) in [5.74, 6) is -0.883. The molecule has 0 radical (unpaired) electrons. The molecule has 0 heterocycles. The van der Waals surface area contributed by atoms with E-state index < -0.39 is 5.97 Å². The molecule has 0 aliphatic rings. The molecule has 0 aliphatic heterocycles. The van der Waals surface area contributed by atoms with Crippen molar-refractivity contribution in [3.63, 3.8) is 0 Å². The van der Waals surface area contributed by atoms with E-state index in [1.165, 1.54) is 14.2 Å². The molecular formula is C7H10N2O3. The minimum atomic E-state index is -0.496. The Morgan fingerprint density at radius 3 is 2.58 bits per heavy atom. The van der Waals surface area contributed by atoms with Crippen LogP contribution in [0.15, 0.2) is 0 Å². The number of carbonyl (C=O) groups is 2. The highest BCUT2D eigenvalue weighted by atomic mass is 16.5. The highest BCUT2D eigenvalue weighted by molar-refractivity contribution is 5.82. The molecule has 0 rings (SSSR count). The van der Waals surface area contributed by atoms with Crippen LogP contribution in [0.25, 0.3) is 0 Å². The first kappa shape index (κ1) is 10.4. The fourth-order valence-corrected chi connectivity index (χ4v) is 0.549. The molecule has 66 valence electrons. The SMILES string of the molecule is COC(=O)CN(C)C(=O)CC#N. The molecule has 0 bridgehead atoms. The van der Waals surface area contributed by atoms with Gasteiger partial charge in [-0.15, -0.1) is 0 Å². The fraction of sp³-hybridized carbons (Fsp3) is 0.571. The molecule has 0 spiro atoms. The van der Waals surface area contributed by atoms with Gasteiger partial charge in [-0.2, -0.15) is 5.26 Å². The highest BCUT2D eigenvalue weighted by Crippen LogP contribution is 1.89. The van der Waals surface area contributed by atoms with Crippen LogP contribution in [-0.4, -0.2) is 37.5 Å². The number of likely N-dealkylation sites (N-methyl/N-ethyl adjacent to an activating group) is 1. The molecule has 0 aromatic carbocycles. The molecule has 0 N–H and O–H groups in total. The number of carbonyl (C=O) groups excluding carboxylic acids is 2. The van der Waals surface area contributed by atoms with Gasteiger partial charge in [0.2, 0.25) is 5.91 Å². The van der Waals surface area contributed by atoms with Crippen molar-refractivity contribution in [3.8, 4) is 6.07 Å². The number of nitrogens with zero attached hydrogens (tertiary/aromatic N) is 2. The quantitative estimate of drug-likeness (QED) is 0.537. The van der Waals surface area contributed by atoms with E-state index in [2.05, 4.69) is 4.74 Å². The van der Waals surface area contributed by atoms with E-state index in [-0.39, 0.29) is 18.9 Å². The third kappa shape index (κ3) is 3.56. The Morgan fingerprint density at radius 1 is 1.58 bits per heavy atom. The number of hydrogen-bond donors (Lipinski definition) is 0. The van der Waals surface area contributed by atoms with Crippen LogP contribution >= 0.6 is 0 Å². The number of esters is 1. The van der Waals surface area contributed by atoms with Crippen LogP contribution in [0.4, 0.5) is 0 Å². The van der Waals surface area contributed by atoms with Crippen molar-refractivity contribution in [2.45, 2.75) is 6.42 Å². The average Bonchev–Trinajstić information content (AvgIpc) is 2.04. The van der Waals surface area contributed by atoms with Crippen molar-refractivity contribution >= 4 is 11.9 Å². The van der Waals surface area contributed by atoms with Gasteiger partial charge in [0.05, 0.1) is 13.2 Å². The van der Waals surface area contributed by atoms with Gasteiger partial charge in [-0.25, -0.2) is 0 Å². The molecule has 1 amide bonds. The molecule has 0 saturated heterocycles.